The average Bonchev–Trinajstić information content (AvgIpc) is 3.37. The SMILES string of the molecule is COc1ccc(-c2ccc(Cl)cc2-c2nc(N)sc2C2CC2)cn1. The molecule has 0 aliphatic heterocycles. The van der Waals surface area contributed by atoms with Crippen LogP contribution in [0.4, 0.5) is 5.13 Å². The van der Waals surface area contributed by atoms with Gasteiger partial charge in [-0.25, -0.2) is 9.97 Å². The first-order chi connectivity index (χ1) is 11.7. The predicted octanol–water partition coefficient (Wildman–Crippen LogP) is 4.99. The Balaban J connectivity index is 1.87. The summed E-state index contributed by atoms with van der Waals surface area (Å²) in [5.74, 6) is 1.17. The summed E-state index contributed by atoms with van der Waals surface area (Å²) >= 11 is 7.85. The van der Waals surface area contributed by atoms with Gasteiger partial charge < -0.3 is 10.5 Å². The maximum absolute atomic E-state index is 6.26. The monoisotopic (exact) mass is 357 g/mol. The van der Waals surface area contributed by atoms with Crippen molar-refractivity contribution in [2.75, 3.05) is 12.8 Å². The van der Waals surface area contributed by atoms with Crippen LogP contribution in [-0.2, 0) is 0 Å². The van der Waals surface area contributed by atoms with Crippen LogP contribution in [0.15, 0.2) is 36.5 Å². The number of benzene rings is 1. The van der Waals surface area contributed by atoms with Crippen molar-refractivity contribution in [2.45, 2.75) is 18.8 Å². The van der Waals surface area contributed by atoms with Gasteiger partial charge in [0.2, 0.25) is 5.88 Å². The highest BCUT2D eigenvalue weighted by Gasteiger charge is 2.30. The second kappa shape index (κ2) is 6.07. The largest absolute Gasteiger partial charge is 0.481 e. The van der Waals surface area contributed by atoms with E-state index in [9.17, 15) is 0 Å². The van der Waals surface area contributed by atoms with Crippen LogP contribution in [0.1, 0.15) is 23.6 Å². The topological polar surface area (TPSA) is 61.0 Å². The molecule has 0 amide bonds. The van der Waals surface area contributed by atoms with E-state index in [1.165, 1.54) is 17.7 Å². The lowest BCUT2D eigenvalue weighted by Gasteiger charge is -2.10. The van der Waals surface area contributed by atoms with Crippen molar-refractivity contribution in [3.8, 4) is 28.3 Å². The molecule has 4 rings (SSSR count). The number of ether oxygens (including phenoxy) is 1. The van der Waals surface area contributed by atoms with Crippen LogP contribution < -0.4 is 10.5 Å². The molecule has 6 heteroatoms. The number of nitrogen functional groups attached to an aromatic ring is 1. The van der Waals surface area contributed by atoms with E-state index in [4.69, 9.17) is 22.1 Å². The molecule has 2 heterocycles. The van der Waals surface area contributed by atoms with Crippen LogP contribution in [0.25, 0.3) is 22.4 Å². The molecule has 0 spiro atoms. The quantitative estimate of drug-likeness (QED) is 0.714. The van der Waals surface area contributed by atoms with Crippen molar-refractivity contribution < 1.29 is 4.74 Å². The van der Waals surface area contributed by atoms with Gasteiger partial charge in [0.25, 0.3) is 0 Å². The average molecular weight is 358 g/mol. The lowest BCUT2D eigenvalue weighted by Crippen LogP contribution is -1.92. The molecule has 1 aliphatic carbocycles. The van der Waals surface area contributed by atoms with Gasteiger partial charge in [0.05, 0.1) is 12.8 Å². The molecule has 0 saturated heterocycles. The fourth-order valence-corrected chi connectivity index (χ4v) is 3.98. The number of pyridine rings is 1. The number of rotatable bonds is 4. The van der Waals surface area contributed by atoms with Crippen LogP contribution in [-0.4, -0.2) is 17.1 Å². The highest BCUT2D eigenvalue weighted by atomic mass is 35.5. The molecule has 0 atom stereocenters. The minimum atomic E-state index is 0.579. The Kier molecular flexibility index (Phi) is 3.90. The van der Waals surface area contributed by atoms with E-state index in [0.717, 1.165) is 22.4 Å². The number of halogens is 1. The number of methoxy groups -OCH3 is 1. The number of hydrogen-bond acceptors (Lipinski definition) is 5. The number of nitrogens with two attached hydrogens (primary N) is 1. The molecule has 1 aliphatic rings. The first-order valence-electron chi connectivity index (χ1n) is 7.72. The smallest absolute Gasteiger partial charge is 0.212 e. The Hall–Kier alpha value is -2.11. The third-order valence-electron chi connectivity index (χ3n) is 4.11. The molecule has 1 saturated carbocycles. The van der Waals surface area contributed by atoms with E-state index < -0.39 is 0 Å². The van der Waals surface area contributed by atoms with Gasteiger partial charge in [-0.3, -0.25) is 0 Å². The van der Waals surface area contributed by atoms with Crippen LogP contribution in [0.5, 0.6) is 5.88 Å². The molecule has 1 aromatic carbocycles. The Labute approximate surface area is 149 Å². The standard InChI is InChI=1S/C18H16ClN3OS/c1-23-15-7-4-11(9-21-15)13-6-5-12(19)8-14(13)16-17(10-2-3-10)24-18(20)22-16/h4-10H,2-3H2,1H3,(H2,20,22). The zero-order valence-electron chi connectivity index (χ0n) is 13.1. The summed E-state index contributed by atoms with van der Waals surface area (Å²) in [6.07, 6.45) is 4.21. The molecule has 4 nitrogen and oxygen atoms in total. The van der Waals surface area contributed by atoms with Gasteiger partial charge in [0.1, 0.15) is 0 Å². The summed E-state index contributed by atoms with van der Waals surface area (Å²) in [4.78, 5) is 10.2. The van der Waals surface area contributed by atoms with E-state index in [0.29, 0.717) is 22.0 Å². The Morgan fingerprint density at radius 2 is 2.04 bits per heavy atom. The summed E-state index contributed by atoms with van der Waals surface area (Å²) in [6.45, 7) is 0. The van der Waals surface area contributed by atoms with E-state index in [1.807, 2.05) is 30.3 Å². The lowest BCUT2D eigenvalue weighted by atomic mass is 9.97. The Morgan fingerprint density at radius 3 is 2.71 bits per heavy atom. The highest BCUT2D eigenvalue weighted by molar-refractivity contribution is 7.16. The zero-order chi connectivity index (χ0) is 16.7. The zero-order valence-corrected chi connectivity index (χ0v) is 14.7. The van der Waals surface area contributed by atoms with Crippen LogP contribution in [0.2, 0.25) is 5.02 Å². The normalized spacial score (nSPS) is 13.9. The van der Waals surface area contributed by atoms with Crippen molar-refractivity contribution in [3.05, 3.63) is 46.4 Å². The molecule has 24 heavy (non-hydrogen) atoms. The summed E-state index contributed by atoms with van der Waals surface area (Å²) in [6, 6.07) is 9.70. The fourth-order valence-electron chi connectivity index (χ4n) is 2.79. The first-order valence-corrected chi connectivity index (χ1v) is 8.91. The minimum absolute atomic E-state index is 0.579. The molecular weight excluding hydrogens is 342 g/mol. The second-order valence-corrected chi connectivity index (χ2v) is 7.32. The summed E-state index contributed by atoms with van der Waals surface area (Å²) in [5, 5.41) is 1.29. The summed E-state index contributed by atoms with van der Waals surface area (Å²) in [5.41, 5.74) is 9.99. The van der Waals surface area contributed by atoms with Crippen molar-refractivity contribution in [1.82, 2.24) is 9.97 Å². The van der Waals surface area contributed by atoms with Gasteiger partial charge >= 0.3 is 0 Å². The molecule has 1 fully saturated rings. The molecule has 3 aromatic rings. The number of aromatic nitrogens is 2. The molecule has 2 N–H and O–H groups in total. The van der Waals surface area contributed by atoms with Crippen molar-refractivity contribution in [1.29, 1.82) is 0 Å². The minimum Gasteiger partial charge on any atom is -0.481 e. The van der Waals surface area contributed by atoms with Crippen molar-refractivity contribution in [3.63, 3.8) is 0 Å². The fraction of sp³-hybridized carbons (Fsp3) is 0.222. The van der Waals surface area contributed by atoms with Gasteiger partial charge in [-0.2, -0.15) is 0 Å². The maximum Gasteiger partial charge on any atom is 0.212 e. The number of hydrogen-bond donors (Lipinski definition) is 1. The number of nitrogens with zero attached hydrogens (tertiary/aromatic N) is 2. The van der Waals surface area contributed by atoms with E-state index in [2.05, 4.69) is 9.97 Å². The van der Waals surface area contributed by atoms with E-state index in [1.54, 1.807) is 24.6 Å². The van der Waals surface area contributed by atoms with Gasteiger partial charge in [-0.05, 0) is 42.5 Å². The summed E-state index contributed by atoms with van der Waals surface area (Å²) in [7, 11) is 1.61. The third-order valence-corrected chi connectivity index (χ3v) is 5.39. The number of thiazole rings is 1. The number of anilines is 1. The maximum atomic E-state index is 6.26. The second-order valence-electron chi connectivity index (χ2n) is 5.82. The molecule has 0 radical (unpaired) electrons. The third kappa shape index (κ3) is 2.85. The molecule has 0 bridgehead atoms. The lowest BCUT2D eigenvalue weighted by molar-refractivity contribution is 0.398. The van der Waals surface area contributed by atoms with Gasteiger partial charge in [-0.15, -0.1) is 11.3 Å². The van der Waals surface area contributed by atoms with Gasteiger partial charge in [-0.1, -0.05) is 17.7 Å². The van der Waals surface area contributed by atoms with Crippen LogP contribution >= 0.6 is 22.9 Å². The van der Waals surface area contributed by atoms with Gasteiger partial charge in [0, 0.05) is 33.3 Å². The van der Waals surface area contributed by atoms with Crippen molar-refractivity contribution in [2.24, 2.45) is 0 Å². The van der Waals surface area contributed by atoms with Gasteiger partial charge in [0.15, 0.2) is 5.13 Å². The van der Waals surface area contributed by atoms with E-state index >= 15 is 0 Å². The predicted molar refractivity (Wildman–Crippen MR) is 98.7 cm³/mol. The summed E-state index contributed by atoms with van der Waals surface area (Å²) < 4.78 is 5.14. The molecule has 122 valence electrons. The first kappa shape index (κ1) is 15.4. The van der Waals surface area contributed by atoms with Crippen LogP contribution in [0.3, 0.4) is 0 Å². The molecule has 0 unspecified atom stereocenters. The molecule has 2 aromatic heterocycles. The van der Waals surface area contributed by atoms with Crippen LogP contribution in [0, 0.1) is 0 Å². The highest BCUT2D eigenvalue weighted by Crippen LogP contribution is 2.49. The Morgan fingerprint density at radius 1 is 1.21 bits per heavy atom. The van der Waals surface area contributed by atoms with Crippen molar-refractivity contribution >= 4 is 28.1 Å². The Bertz CT molecular complexity index is 888. The van der Waals surface area contributed by atoms with E-state index in [-0.39, 0.29) is 0 Å². The molecular formula is C18H16ClN3OS.